The fraction of sp³-hybridized carbons (Fsp3) is 0.562. The van der Waals surface area contributed by atoms with Gasteiger partial charge in [-0.25, -0.2) is 4.98 Å². The van der Waals surface area contributed by atoms with Gasteiger partial charge in [-0.05, 0) is 49.8 Å². The quantitative estimate of drug-likeness (QED) is 0.849. The SMILES string of the molecule is Cc1cccc2nc(C3NCC4CCCC43)n(C)c12. The highest BCUT2D eigenvalue weighted by atomic mass is 15.1. The molecule has 2 aliphatic rings. The molecule has 1 saturated heterocycles. The molecule has 0 bridgehead atoms. The predicted octanol–water partition coefficient (Wildman–Crippen LogP) is 2.94. The standard InChI is InChI=1S/C16H21N3/c1-10-5-3-8-13-15(10)19(2)16(18-13)14-12-7-4-6-11(12)9-17-14/h3,5,8,11-12,14,17H,4,6-7,9H2,1-2H3. The monoisotopic (exact) mass is 255 g/mol. The lowest BCUT2D eigenvalue weighted by atomic mass is 9.94. The third kappa shape index (κ3) is 1.57. The first-order valence-corrected chi connectivity index (χ1v) is 7.41. The Kier molecular flexibility index (Phi) is 2.46. The summed E-state index contributed by atoms with van der Waals surface area (Å²) in [5, 5.41) is 3.71. The maximum atomic E-state index is 4.92. The minimum Gasteiger partial charge on any atom is -0.330 e. The third-order valence-electron chi connectivity index (χ3n) is 5.15. The summed E-state index contributed by atoms with van der Waals surface area (Å²) in [7, 11) is 2.17. The van der Waals surface area contributed by atoms with Crippen LogP contribution in [0.1, 0.15) is 36.7 Å². The van der Waals surface area contributed by atoms with Crippen LogP contribution in [-0.4, -0.2) is 16.1 Å². The minimum atomic E-state index is 0.462. The molecule has 1 saturated carbocycles. The molecule has 0 amide bonds. The van der Waals surface area contributed by atoms with Crippen molar-refractivity contribution in [3.05, 3.63) is 29.6 Å². The number of rotatable bonds is 1. The van der Waals surface area contributed by atoms with Gasteiger partial charge in [0, 0.05) is 7.05 Å². The fourth-order valence-corrected chi connectivity index (χ4v) is 4.23. The molecule has 3 unspecified atom stereocenters. The summed E-state index contributed by atoms with van der Waals surface area (Å²) >= 11 is 0. The van der Waals surface area contributed by atoms with Gasteiger partial charge in [0.1, 0.15) is 5.82 Å². The van der Waals surface area contributed by atoms with Crippen molar-refractivity contribution in [1.82, 2.24) is 14.9 Å². The molecule has 1 aliphatic heterocycles. The van der Waals surface area contributed by atoms with E-state index in [1.54, 1.807) is 0 Å². The second kappa shape index (κ2) is 4.07. The fourth-order valence-electron chi connectivity index (χ4n) is 4.23. The van der Waals surface area contributed by atoms with Crippen LogP contribution in [0.3, 0.4) is 0 Å². The summed E-state index contributed by atoms with van der Waals surface area (Å²) in [6.07, 6.45) is 4.16. The van der Waals surface area contributed by atoms with Gasteiger partial charge in [0.25, 0.3) is 0 Å². The molecule has 19 heavy (non-hydrogen) atoms. The third-order valence-corrected chi connectivity index (χ3v) is 5.15. The lowest BCUT2D eigenvalue weighted by Gasteiger charge is -2.18. The average molecular weight is 255 g/mol. The van der Waals surface area contributed by atoms with Crippen LogP contribution in [0.25, 0.3) is 11.0 Å². The van der Waals surface area contributed by atoms with Gasteiger partial charge >= 0.3 is 0 Å². The molecule has 100 valence electrons. The predicted molar refractivity (Wildman–Crippen MR) is 77.0 cm³/mol. The number of fused-ring (bicyclic) bond motifs is 2. The van der Waals surface area contributed by atoms with E-state index in [2.05, 4.69) is 42.1 Å². The zero-order valence-electron chi connectivity index (χ0n) is 11.7. The first-order valence-electron chi connectivity index (χ1n) is 7.41. The molecular formula is C16H21N3. The Hall–Kier alpha value is -1.35. The van der Waals surface area contributed by atoms with Gasteiger partial charge in [0.2, 0.25) is 0 Å². The lowest BCUT2D eigenvalue weighted by molar-refractivity contribution is 0.402. The van der Waals surface area contributed by atoms with E-state index in [0.717, 1.165) is 17.4 Å². The first kappa shape index (κ1) is 11.5. The molecule has 3 heteroatoms. The number of aryl methyl sites for hydroxylation is 2. The van der Waals surface area contributed by atoms with Crippen LogP contribution in [0.4, 0.5) is 0 Å². The van der Waals surface area contributed by atoms with Crippen molar-refractivity contribution >= 4 is 11.0 Å². The number of hydrogen-bond donors (Lipinski definition) is 1. The van der Waals surface area contributed by atoms with Gasteiger partial charge in [-0.3, -0.25) is 0 Å². The van der Waals surface area contributed by atoms with Gasteiger partial charge in [0.15, 0.2) is 0 Å². The first-order chi connectivity index (χ1) is 9.25. The Labute approximate surface area is 114 Å². The zero-order chi connectivity index (χ0) is 13.0. The average Bonchev–Trinajstić information content (AvgIpc) is 3.04. The maximum absolute atomic E-state index is 4.92. The lowest BCUT2D eigenvalue weighted by Crippen LogP contribution is -2.21. The van der Waals surface area contributed by atoms with Crippen LogP contribution < -0.4 is 5.32 Å². The van der Waals surface area contributed by atoms with E-state index in [1.165, 1.54) is 42.7 Å². The van der Waals surface area contributed by atoms with Gasteiger partial charge in [-0.15, -0.1) is 0 Å². The second-order valence-corrected chi connectivity index (χ2v) is 6.21. The van der Waals surface area contributed by atoms with Crippen molar-refractivity contribution in [3.63, 3.8) is 0 Å². The Bertz CT molecular complexity index is 628. The molecule has 3 nitrogen and oxygen atoms in total. The van der Waals surface area contributed by atoms with Gasteiger partial charge in [-0.2, -0.15) is 0 Å². The molecule has 1 aromatic carbocycles. The van der Waals surface area contributed by atoms with Gasteiger partial charge in [-0.1, -0.05) is 18.6 Å². The van der Waals surface area contributed by atoms with Gasteiger partial charge in [0.05, 0.1) is 17.1 Å². The van der Waals surface area contributed by atoms with E-state index in [0.29, 0.717) is 6.04 Å². The maximum Gasteiger partial charge on any atom is 0.127 e. The number of hydrogen-bond acceptors (Lipinski definition) is 2. The largest absolute Gasteiger partial charge is 0.330 e. The van der Waals surface area contributed by atoms with E-state index >= 15 is 0 Å². The van der Waals surface area contributed by atoms with Crippen LogP contribution in [-0.2, 0) is 7.05 Å². The summed E-state index contributed by atoms with van der Waals surface area (Å²) in [5.74, 6) is 2.92. The van der Waals surface area contributed by atoms with E-state index in [-0.39, 0.29) is 0 Å². The number of imidazole rings is 1. The Morgan fingerprint density at radius 1 is 1.32 bits per heavy atom. The highest BCUT2D eigenvalue weighted by Gasteiger charge is 2.41. The van der Waals surface area contributed by atoms with Crippen LogP contribution in [0.15, 0.2) is 18.2 Å². The summed E-state index contributed by atoms with van der Waals surface area (Å²) in [5.41, 5.74) is 3.75. The van der Waals surface area contributed by atoms with Crippen molar-refractivity contribution in [2.24, 2.45) is 18.9 Å². The van der Waals surface area contributed by atoms with Crippen LogP contribution in [0.5, 0.6) is 0 Å². The smallest absolute Gasteiger partial charge is 0.127 e. The van der Waals surface area contributed by atoms with E-state index in [4.69, 9.17) is 4.98 Å². The summed E-state index contributed by atoms with van der Waals surface area (Å²) in [4.78, 5) is 4.92. The summed E-state index contributed by atoms with van der Waals surface area (Å²) in [6.45, 7) is 3.35. The molecule has 3 atom stereocenters. The minimum absolute atomic E-state index is 0.462. The highest BCUT2D eigenvalue weighted by Crippen LogP contribution is 2.44. The molecule has 2 heterocycles. The Morgan fingerprint density at radius 2 is 2.21 bits per heavy atom. The molecule has 0 radical (unpaired) electrons. The zero-order valence-corrected chi connectivity index (χ0v) is 11.7. The molecule has 4 rings (SSSR count). The molecule has 2 aromatic rings. The Morgan fingerprint density at radius 3 is 3.05 bits per heavy atom. The molecular weight excluding hydrogens is 234 g/mol. The van der Waals surface area contributed by atoms with E-state index < -0.39 is 0 Å². The van der Waals surface area contributed by atoms with Crippen LogP contribution >= 0.6 is 0 Å². The van der Waals surface area contributed by atoms with Crippen molar-refractivity contribution in [3.8, 4) is 0 Å². The molecule has 2 fully saturated rings. The number of para-hydroxylation sites is 1. The molecule has 1 N–H and O–H groups in total. The topological polar surface area (TPSA) is 29.9 Å². The Balaban J connectivity index is 1.83. The van der Waals surface area contributed by atoms with Crippen LogP contribution in [0, 0.1) is 18.8 Å². The molecule has 0 spiro atoms. The van der Waals surface area contributed by atoms with Gasteiger partial charge < -0.3 is 9.88 Å². The second-order valence-electron chi connectivity index (χ2n) is 6.21. The summed E-state index contributed by atoms with van der Waals surface area (Å²) < 4.78 is 2.31. The van der Waals surface area contributed by atoms with Crippen molar-refractivity contribution in [1.29, 1.82) is 0 Å². The number of nitrogens with zero attached hydrogens (tertiary/aromatic N) is 2. The van der Waals surface area contributed by atoms with Crippen molar-refractivity contribution in [2.45, 2.75) is 32.2 Å². The van der Waals surface area contributed by atoms with E-state index in [9.17, 15) is 0 Å². The van der Waals surface area contributed by atoms with E-state index in [1.807, 2.05) is 0 Å². The van der Waals surface area contributed by atoms with Crippen LogP contribution in [0.2, 0.25) is 0 Å². The molecule has 1 aliphatic carbocycles. The highest BCUT2D eigenvalue weighted by molar-refractivity contribution is 5.79. The number of benzene rings is 1. The van der Waals surface area contributed by atoms with Crippen molar-refractivity contribution < 1.29 is 0 Å². The number of aromatic nitrogens is 2. The van der Waals surface area contributed by atoms with Crippen molar-refractivity contribution in [2.75, 3.05) is 6.54 Å². The normalized spacial score (nSPS) is 30.1. The summed E-state index contributed by atoms with van der Waals surface area (Å²) in [6, 6.07) is 6.88. The molecule has 1 aromatic heterocycles. The number of nitrogens with one attached hydrogen (secondary N) is 1.